The Morgan fingerprint density at radius 2 is 0.513 bits per heavy atom. The van der Waals surface area contributed by atoms with Crippen LogP contribution in [0, 0.1) is 0 Å². The van der Waals surface area contributed by atoms with E-state index in [1.54, 1.807) is 0 Å². The Hall–Kier alpha value is -3.15. The zero-order valence-corrected chi connectivity index (χ0v) is 51.9. The molecule has 0 aliphatic heterocycles. The van der Waals surface area contributed by atoms with Crippen LogP contribution in [0.5, 0.6) is 0 Å². The van der Waals surface area contributed by atoms with Crippen LogP contribution in [0.3, 0.4) is 0 Å². The molecule has 0 N–H and O–H groups in total. The maximum atomic E-state index is 12.9. The van der Waals surface area contributed by atoms with Crippen molar-refractivity contribution in [3.05, 3.63) is 72.9 Å². The van der Waals surface area contributed by atoms with E-state index in [9.17, 15) is 14.4 Å². The number of carbonyl (C=O) groups is 3. The molecule has 452 valence electrons. The fourth-order valence-corrected chi connectivity index (χ4v) is 9.87. The van der Waals surface area contributed by atoms with Gasteiger partial charge in [-0.05, 0) is 83.5 Å². The SMILES string of the molecule is CC/C=C\C/C=C\C/C=C\C/C=C\CCCCCCCCCCCCCCCCCCC(=O)OCC(COC(=O)CCCCCCC/C=C\C/C=C\CCCC)OC(=O)CCCCCCCCCCCCCCCCCCC. The van der Waals surface area contributed by atoms with E-state index in [-0.39, 0.29) is 31.1 Å². The average molecular weight is 1090 g/mol. The standard InChI is InChI=1S/C72H128O6/c1-4-7-10-13-16-19-22-25-28-30-31-32-33-34-35-36-37-38-39-40-41-43-44-47-50-53-56-59-62-65-71(74)77-68-69(67-76-70(73)64-61-58-55-52-49-46-27-24-21-18-15-12-9-6-3)78-72(75)66-63-60-57-54-51-48-45-42-29-26-23-20-17-14-11-8-5-2/h7,10,15-16,18-19,24-25,27-28,31-32,69H,4-6,8-9,11-14,17,20-23,26,29-30,33-68H2,1-3H3/b10-7-,18-15-,19-16-,27-24-,28-25-,32-31-. The lowest BCUT2D eigenvalue weighted by Crippen LogP contribution is -2.30. The van der Waals surface area contributed by atoms with Gasteiger partial charge in [0.1, 0.15) is 13.2 Å². The van der Waals surface area contributed by atoms with Crippen molar-refractivity contribution in [1.82, 2.24) is 0 Å². The van der Waals surface area contributed by atoms with Crippen LogP contribution in [0.15, 0.2) is 72.9 Å². The summed E-state index contributed by atoms with van der Waals surface area (Å²) in [6.07, 6.45) is 86.4. The zero-order valence-electron chi connectivity index (χ0n) is 51.9. The Labute approximate surface area is 484 Å². The largest absolute Gasteiger partial charge is 0.462 e. The monoisotopic (exact) mass is 1090 g/mol. The van der Waals surface area contributed by atoms with Crippen molar-refractivity contribution in [2.24, 2.45) is 0 Å². The average Bonchev–Trinajstić information content (AvgIpc) is 3.44. The van der Waals surface area contributed by atoms with E-state index >= 15 is 0 Å². The van der Waals surface area contributed by atoms with E-state index in [0.717, 1.165) is 103 Å². The molecule has 1 atom stereocenters. The van der Waals surface area contributed by atoms with Gasteiger partial charge in [-0.25, -0.2) is 0 Å². The van der Waals surface area contributed by atoms with Gasteiger partial charge < -0.3 is 14.2 Å². The second-order valence-electron chi connectivity index (χ2n) is 22.7. The Balaban J connectivity index is 4.22. The van der Waals surface area contributed by atoms with Gasteiger partial charge in [-0.2, -0.15) is 0 Å². The summed E-state index contributed by atoms with van der Waals surface area (Å²) in [4.78, 5) is 38.4. The van der Waals surface area contributed by atoms with Gasteiger partial charge in [0.05, 0.1) is 0 Å². The summed E-state index contributed by atoms with van der Waals surface area (Å²) in [5, 5.41) is 0. The number of allylic oxidation sites excluding steroid dienone is 12. The van der Waals surface area contributed by atoms with Crippen LogP contribution in [0.25, 0.3) is 0 Å². The van der Waals surface area contributed by atoms with Gasteiger partial charge >= 0.3 is 17.9 Å². The van der Waals surface area contributed by atoms with Crippen LogP contribution < -0.4 is 0 Å². The van der Waals surface area contributed by atoms with Crippen LogP contribution in [0.4, 0.5) is 0 Å². The van der Waals surface area contributed by atoms with Crippen molar-refractivity contribution in [3.63, 3.8) is 0 Å². The minimum absolute atomic E-state index is 0.0751. The van der Waals surface area contributed by atoms with Crippen molar-refractivity contribution in [2.45, 2.75) is 354 Å². The van der Waals surface area contributed by atoms with Crippen molar-refractivity contribution < 1.29 is 28.6 Å². The Kier molecular flexibility index (Phi) is 63.7. The number of hydrogen-bond donors (Lipinski definition) is 0. The maximum absolute atomic E-state index is 12.9. The summed E-state index contributed by atoms with van der Waals surface area (Å²) < 4.78 is 17.0. The normalized spacial score (nSPS) is 12.5. The van der Waals surface area contributed by atoms with E-state index in [1.807, 2.05) is 0 Å². The Morgan fingerprint density at radius 1 is 0.269 bits per heavy atom. The fraction of sp³-hybridized carbons (Fsp3) is 0.792. The van der Waals surface area contributed by atoms with E-state index < -0.39 is 6.10 Å². The second-order valence-corrected chi connectivity index (χ2v) is 22.7. The van der Waals surface area contributed by atoms with Crippen LogP contribution in [0.1, 0.15) is 348 Å². The molecule has 0 heterocycles. The lowest BCUT2D eigenvalue weighted by atomic mass is 10.0. The van der Waals surface area contributed by atoms with Crippen LogP contribution in [-0.2, 0) is 28.6 Å². The minimum atomic E-state index is -0.779. The quantitative estimate of drug-likeness (QED) is 0.0261. The molecule has 0 saturated carbocycles. The third kappa shape index (κ3) is 63.7. The second kappa shape index (κ2) is 66.4. The van der Waals surface area contributed by atoms with Gasteiger partial charge in [-0.15, -0.1) is 0 Å². The minimum Gasteiger partial charge on any atom is -0.462 e. The Bertz CT molecular complexity index is 1440. The smallest absolute Gasteiger partial charge is 0.306 e. The van der Waals surface area contributed by atoms with E-state index in [4.69, 9.17) is 14.2 Å². The summed E-state index contributed by atoms with van der Waals surface area (Å²) >= 11 is 0. The fourth-order valence-electron chi connectivity index (χ4n) is 9.87. The molecular formula is C72H128O6. The van der Waals surface area contributed by atoms with Crippen LogP contribution in [0.2, 0.25) is 0 Å². The first kappa shape index (κ1) is 74.8. The summed E-state index contributed by atoms with van der Waals surface area (Å²) in [5.74, 6) is -0.868. The third-order valence-electron chi connectivity index (χ3n) is 14.9. The van der Waals surface area contributed by atoms with Gasteiger partial charge in [-0.1, -0.05) is 318 Å². The van der Waals surface area contributed by atoms with Crippen molar-refractivity contribution in [2.75, 3.05) is 13.2 Å². The molecule has 0 saturated heterocycles. The molecule has 0 aliphatic carbocycles. The molecule has 0 aromatic heterocycles. The van der Waals surface area contributed by atoms with E-state index in [1.165, 1.54) is 205 Å². The molecule has 0 spiro atoms. The number of unbranched alkanes of at least 4 members (excludes halogenated alkanes) is 39. The van der Waals surface area contributed by atoms with Crippen molar-refractivity contribution >= 4 is 17.9 Å². The molecule has 0 fully saturated rings. The molecule has 0 bridgehead atoms. The third-order valence-corrected chi connectivity index (χ3v) is 14.9. The van der Waals surface area contributed by atoms with Gasteiger partial charge in [-0.3, -0.25) is 14.4 Å². The number of ether oxygens (including phenoxy) is 3. The molecule has 78 heavy (non-hydrogen) atoms. The first-order chi connectivity index (χ1) is 38.5. The van der Waals surface area contributed by atoms with Crippen LogP contribution >= 0.6 is 0 Å². The maximum Gasteiger partial charge on any atom is 0.306 e. The van der Waals surface area contributed by atoms with Gasteiger partial charge in [0.25, 0.3) is 0 Å². The molecule has 0 radical (unpaired) electrons. The number of rotatable bonds is 62. The first-order valence-corrected chi connectivity index (χ1v) is 33.9. The van der Waals surface area contributed by atoms with Gasteiger partial charge in [0, 0.05) is 19.3 Å². The highest BCUT2D eigenvalue weighted by Crippen LogP contribution is 2.18. The molecule has 6 nitrogen and oxygen atoms in total. The molecule has 1 unspecified atom stereocenters. The molecule has 0 aromatic carbocycles. The van der Waals surface area contributed by atoms with Crippen LogP contribution in [-0.4, -0.2) is 37.2 Å². The van der Waals surface area contributed by atoms with E-state index in [0.29, 0.717) is 19.3 Å². The summed E-state index contributed by atoms with van der Waals surface area (Å²) in [6, 6.07) is 0. The number of hydrogen-bond acceptors (Lipinski definition) is 6. The highest BCUT2D eigenvalue weighted by atomic mass is 16.6. The summed E-state index contributed by atoms with van der Waals surface area (Å²) in [7, 11) is 0. The van der Waals surface area contributed by atoms with Crippen molar-refractivity contribution in [3.8, 4) is 0 Å². The molecule has 0 amide bonds. The molecular weight excluding hydrogens is 961 g/mol. The van der Waals surface area contributed by atoms with Crippen molar-refractivity contribution in [1.29, 1.82) is 0 Å². The summed E-state index contributed by atoms with van der Waals surface area (Å²) in [6.45, 7) is 6.53. The predicted molar refractivity (Wildman–Crippen MR) is 339 cm³/mol. The Morgan fingerprint density at radius 3 is 0.821 bits per heavy atom. The molecule has 0 aromatic rings. The highest BCUT2D eigenvalue weighted by molar-refractivity contribution is 5.71. The van der Waals surface area contributed by atoms with Gasteiger partial charge in [0.2, 0.25) is 0 Å². The summed E-state index contributed by atoms with van der Waals surface area (Å²) in [5.41, 5.74) is 0. The van der Waals surface area contributed by atoms with Gasteiger partial charge in [0.15, 0.2) is 6.10 Å². The number of carbonyl (C=O) groups excluding carboxylic acids is 3. The molecule has 0 rings (SSSR count). The zero-order chi connectivity index (χ0) is 56.4. The lowest BCUT2D eigenvalue weighted by molar-refractivity contribution is -0.167. The first-order valence-electron chi connectivity index (χ1n) is 33.9. The molecule has 0 aliphatic rings. The lowest BCUT2D eigenvalue weighted by Gasteiger charge is -2.18. The predicted octanol–water partition coefficient (Wildman–Crippen LogP) is 23.3. The topological polar surface area (TPSA) is 78.9 Å². The molecule has 6 heteroatoms. The van der Waals surface area contributed by atoms with E-state index in [2.05, 4.69) is 93.7 Å². The highest BCUT2D eigenvalue weighted by Gasteiger charge is 2.19. The number of esters is 3.